The Kier molecular flexibility index (Phi) is 12.9. The third-order valence-electron chi connectivity index (χ3n) is 6.77. The van der Waals surface area contributed by atoms with Crippen molar-refractivity contribution in [3.05, 3.63) is 95.6 Å². The van der Waals surface area contributed by atoms with Crippen molar-refractivity contribution in [2.75, 3.05) is 19.7 Å². The Labute approximate surface area is 254 Å². The molecule has 2 unspecified atom stereocenters. The smallest absolute Gasteiger partial charge is 0.251 e. The van der Waals surface area contributed by atoms with Crippen molar-refractivity contribution in [3.63, 3.8) is 0 Å². The quantitative estimate of drug-likeness (QED) is 0.174. The zero-order valence-corrected chi connectivity index (χ0v) is 25.5. The van der Waals surface area contributed by atoms with E-state index in [1.807, 2.05) is 93.6 Å². The molecule has 2 atom stereocenters. The predicted octanol–water partition coefficient (Wildman–Crippen LogP) is 3.56. The van der Waals surface area contributed by atoms with Crippen LogP contribution in [0.15, 0.2) is 78.9 Å². The van der Waals surface area contributed by atoms with Crippen LogP contribution in [0.25, 0.3) is 11.1 Å². The lowest BCUT2D eigenvalue weighted by Gasteiger charge is -2.28. The van der Waals surface area contributed by atoms with Crippen LogP contribution in [0.4, 0.5) is 0 Å². The van der Waals surface area contributed by atoms with E-state index in [-0.39, 0.29) is 37.3 Å². The van der Waals surface area contributed by atoms with E-state index in [0.29, 0.717) is 25.3 Å². The molecule has 230 valence electrons. The number of nitrogens with one attached hydrogen (secondary N) is 4. The van der Waals surface area contributed by atoms with E-state index >= 15 is 0 Å². The Morgan fingerprint density at radius 2 is 1.56 bits per heavy atom. The molecule has 3 aromatic carbocycles. The highest BCUT2D eigenvalue weighted by Crippen LogP contribution is 2.24. The van der Waals surface area contributed by atoms with Crippen LogP contribution >= 0.6 is 0 Å². The van der Waals surface area contributed by atoms with E-state index in [4.69, 9.17) is 4.74 Å². The Hall–Kier alpha value is -4.05. The highest BCUT2D eigenvalue weighted by Gasteiger charge is 2.26. The summed E-state index contributed by atoms with van der Waals surface area (Å²) in [4.78, 5) is 38.7. The molecular weight excluding hydrogens is 544 g/mol. The minimum atomic E-state index is -0.896. The van der Waals surface area contributed by atoms with Gasteiger partial charge in [0.25, 0.3) is 5.91 Å². The van der Waals surface area contributed by atoms with Gasteiger partial charge in [0.15, 0.2) is 0 Å². The summed E-state index contributed by atoms with van der Waals surface area (Å²) in [5.41, 5.74) is 3.57. The summed E-state index contributed by atoms with van der Waals surface area (Å²) < 4.78 is 5.82. The van der Waals surface area contributed by atoms with Gasteiger partial charge in [0.05, 0.1) is 19.3 Å². The monoisotopic (exact) mass is 588 g/mol. The molecule has 3 rings (SSSR count). The lowest BCUT2D eigenvalue weighted by atomic mass is 9.98. The third-order valence-corrected chi connectivity index (χ3v) is 6.77. The summed E-state index contributed by atoms with van der Waals surface area (Å²) in [6.07, 6.45) is -0.432. The SMILES string of the molecule is CCNC(=O)c1ccccc1-c1ccc(CNC(=O)C(COCc2ccccc2)NC(=O)CC(C)(C)NCC(C)O)cc1. The molecule has 0 bridgehead atoms. The number of β-amino-alcohol motifs (C(OH)–C–C–N with tert-alkyl or cyclic N) is 1. The summed E-state index contributed by atoms with van der Waals surface area (Å²) in [7, 11) is 0. The van der Waals surface area contributed by atoms with E-state index in [1.54, 1.807) is 13.0 Å². The molecule has 43 heavy (non-hydrogen) atoms. The predicted molar refractivity (Wildman–Crippen MR) is 168 cm³/mol. The molecule has 0 radical (unpaired) electrons. The van der Waals surface area contributed by atoms with Gasteiger partial charge in [-0.25, -0.2) is 0 Å². The highest BCUT2D eigenvalue weighted by molar-refractivity contribution is 6.00. The van der Waals surface area contributed by atoms with Crippen LogP contribution in [0.1, 0.15) is 55.6 Å². The summed E-state index contributed by atoms with van der Waals surface area (Å²) >= 11 is 0. The number of amides is 3. The van der Waals surface area contributed by atoms with E-state index in [2.05, 4.69) is 21.3 Å². The molecule has 3 amide bonds. The van der Waals surface area contributed by atoms with Gasteiger partial charge < -0.3 is 31.1 Å². The third kappa shape index (κ3) is 11.3. The minimum absolute atomic E-state index is 0.00352. The topological polar surface area (TPSA) is 129 Å². The minimum Gasteiger partial charge on any atom is -0.392 e. The van der Waals surface area contributed by atoms with E-state index in [9.17, 15) is 19.5 Å². The maximum absolute atomic E-state index is 13.2. The summed E-state index contributed by atoms with van der Waals surface area (Å²) in [5, 5.41) is 21.3. The van der Waals surface area contributed by atoms with Gasteiger partial charge in [-0.2, -0.15) is 0 Å². The summed E-state index contributed by atoms with van der Waals surface area (Å²) in [6, 6.07) is 23.8. The number of hydrogen-bond acceptors (Lipinski definition) is 6. The van der Waals surface area contributed by atoms with Crippen LogP contribution in [0.3, 0.4) is 0 Å². The van der Waals surface area contributed by atoms with Crippen molar-refractivity contribution in [1.82, 2.24) is 21.3 Å². The Morgan fingerprint density at radius 1 is 0.884 bits per heavy atom. The molecule has 0 saturated heterocycles. The molecule has 0 fully saturated rings. The Morgan fingerprint density at radius 3 is 2.23 bits per heavy atom. The number of carbonyl (C=O) groups excluding carboxylic acids is 3. The molecule has 3 aromatic rings. The first-order valence-electron chi connectivity index (χ1n) is 14.7. The van der Waals surface area contributed by atoms with Crippen LogP contribution in [0.5, 0.6) is 0 Å². The van der Waals surface area contributed by atoms with Crippen molar-refractivity contribution < 1.29 is 24.2 Å². The maximum atomic E-state index is 13.2. The van der Waals surface area contributed by atoms with Gasteiger partial charge in [-0.3, -0.25) is 14.4 Å². The molecule has 9 nitrogen and oxygen atoms in total. The van der Waals surface area contributed by atoms with Gasteiger partial charge in [0.2, 0.25) is 11.8 Å². The average Bonchev–Trinajstić information content (AvgIpc) is 2.99. The van der Waals surface area contributed by atoms with Gasteiger partial charge in [-0.15, -0.1) is 0 Å². The average molecular weight is 589 g/mol. The standard InChI is InChI=1S/C34H44N4O5/c1-5-35-32(41)29-14-10-9-13-28(29)27-17-15-25(16-18-27)21-36-33(42)30(23-43-22-26-11-7-6-8-12-26)38-31(40)19-34(3,4)37-20-24(2)39/h6-18,24,30,37,39H,5,19-23H2,1-4H3,(H,35,41)(H,36,42)(H,38,40). The number of aliphatic hydroxyl groups is 1. The van der Waals surface area contributed by atoms with Gasteiger partial charge in [0.1, 0.15) is 6.04 Å². The second-order valence-corrected chi connectivity index (χ2v) is 11.2. The van der Waals surface area contributed by atoms with Crippen molar-refractivity contribution in [3.8, 4) is 11.1 Å². The van der Waals surface area contributed by atoms with Gasteiger partial charge in [-0.05, 0) is 56.0 Å². The van der Waals surface area contributed by atoms with Crippen LogP contribution < -0.4 is 21.3 Å². The number of hydrogen-bond donors (Lipinski definition) is 5. The van der Waals surface area contributed by atoms with Crippen LogP contribution in [-0.2, 0) is 27.5 Å². The molecular formula is C34H44N4O5. The summed E-state index contributed by atoms with van der Waals surface area (Å²) in [5.74, 6) is -0.789. The molecule has 0 aromatic heterocycles. The normalized spacial score (nSPS) is 12.7. The molecule has 0 aliphatic rings. The number of benzene rings is 3. The van der Waals surface area contributed by atoms with Crippen molar-refractivity contribution >= 4 is 17.7 Å². The Bertz CT molecular complexity index is 1330. The fourth-order valence-corrected chi connectivity index (χ4v) is 4.49. The lowest BCUT2D eigenvalue weighted by Crippen LogP contribution is -2.52. The molecule has 9 heteroatoms. The molecule has 0 heterocycles. The van der Waals surface area contributed by atoms with Crippen molar-refractivity contribution in [2.45, 2.75) is 65.0 Å². The van der Waals surface area contributed by atoms with Gasteiger partial charge >= 0.3 is 0 Å². The number of carbonyl (C=O) groups is 3. The molecule has 5 N–H and O–H groups in total. The lowest BCUT2D eigenvalue weighted by molar-refractivity contribution is -0.131. The van der Waals surface area contributed by atoms with Crippen LogP contribution in [-0.4, -0.2) is 60.2 Å². The van der Waals surface area contributed by atoms with E-state index in [1.165, 1.54) is 0 Å². The zero-order chi connectivity index (χ0) is 31.2. The van der Waals surface area contributed by atoms with E-state index in [0.717, 1.165) is 22.3 Å². The second kappa shape index (κ2) is 16.6. The Balaban J connectivity index is 1.64. The maximum Gasteiger partial charge on any atom is 0.251 e. The second-order valence-electron chi connectivity index (χ2n) is 11.2. The molecule has 0 aliphatic heterocycles. The fourth-order valence-electron chi connectivity index (χ4n) is 4.49. The van der Waals surface area contributed by atoms with Crippen LogP contribution in [0.2, 0.25) is 0 Å². The first-order chi connectivity index (χ1) is 20.6. The van der Waals surface area contributed by atoms with E-state index < -0.39 is 17.7 Å². The van der Waals surface area contributed by atoms with Crippen molar-refractivity contribution in [2.24, 2.45) is 0 Å². The zero-order valence-electron chi connectivity index (χ0n) is 25.5. The molecule has 0 saturated carbocycles. The van der Waals surface area contributed by atoms with Crippen molar-refractivity contribution in [1.29, 1.82) is 0 Å². The van der Waals surface area contributed by atoms with Gasteiger partial charge in [0, 0.05) is 37.2 Å². The van der Waals surface area contributed by atoms with Gasteiger partial charge in [-0.1, -0.05) is 72.8 Å². The number of ether oxygens (including phenoxy) is 1. The first-order valence-corrected chi connectivity index (χ1v) is 14.7. The molecule has 0 aliphatic carbocycles. The summed E-state index contributed by atoms with van der Waals surface area (Å²) in [6.45, 7) is 8.75. The number of aliphatic hydroxyl groups excluding tert-OH is 1. The molecule has 0 spiro atoms. The van der Waals surface area contributed by atoms with Crippen LogP contribution in [0, 0.1) is 0 Å². The largest absolute Gasteiger partial charge is 0.392 e. The first kappa shape index (κ1) is 33.5. The highest BCUT2D eigenvalue weighted by atomic mass is 16.5. The number of rotatable bonds is 16. The fraction of sp³-hybridized carbons (Fsp3) is 0.382.